The van der Waals surface area contributed by atoms with E-state index in [2.05, 4.69) is 31.7 Å². The van der Waals surface area contributed by atoms with Crippen LogP contribution in [0.1, 0.15) is 18.4 Å². The van der Waals surface area contributed by atoms with Crippen molar-refractivity contribution in [2.75, 3.05) is 19.3 Å². The standard InChI is InChI=1S/C16H22N6S/c1-17-16(21-11-14-3-2-8-23-14)20-10-13-4-5-19-15(9-13)22-7-6-18-12-22/h4-7,9,12,14H,2-3,8,10-11H2,1H3,(H2,17,20,21). The third kappa shape index (κ3) is 4.48. The summed E-state index contributed by atoms with van der Waals surface area (Å²) >= 11 is 2.05. The Kier molecular flexibility index (Phi) is 5.52. The molecule has 0 saturated carbocycles. The summed E-state index contributed by atoms with van der Waals surface area (Å²) in [4.78, 5) is 12.7. The van der Waals surface area contributed by atoms with Gasteiger partial charge in [0, 0.05) is 44.0 Å². The number of nitrogens with zero attached hydrogens (tertiary/aromatic N) is 4. The van der Waals surface area contributed by atoms with Gasteiger partial charge in [0.2, 0.25) is 0 Å². The molecule has 1 atom stereocenters. The summed E-state index contributed by atoms with van der Waals surface area (Å²) in [7, 11) is 1.81. The van der Waals surface area contributed by atoms with Crippen molar-refractivity contribution in [1.82, 2.24) is 25.2 Å². The number of nitrogens with one attached hydrogen (secondary N) is 2. The lowest BCUT2D eigenvalue weighted by atomic mass is 10.2. The van der Waals surface area contributed by atoms with Crippen LogP contribution in [-0.4, -0.2) is 45.1 Å². The van der Waals surface area contributed by atoms with Crippen molar-refractivity contribution in [3.63, 3.8) is 0 Å². The summed E-state index contributed by atoms with van der Waals surface area (Å²) in [6.45, 7) is 1.68. The Bertz CT molecular complexity index is 634. The molecule has 23 heavy (non-hydrogen) atoms. The van der Waals surface area contributed by atoms with E-state index in [1.165, 1.54) is 18.6 Å². The number of pyridine rings is 1. The summed E-state index contributed by atoms with van der Waals surface area (Å²) in [6, 6.07) is 4.06. The molecule has 3 rings (SSSR count). The molecule has 122 valence electrons. The van der Waals surface area contributed by atoms with Crippen molar-refractivity contribution < 1.29 is 0 Å². The minimum Gasteiger partial charge on any atom is -0.355 e. The second-order valence-corrected chi connectivity index (χ2v) is 6.84. The van der Waals surface area contributed by atoms with E-state index in [0.29, 0.717) is 11.8 Å². The monoisotopic (exact) mass is 330 g/mol. The zero-order valence-electron chi connectivity index (χ0n) is 13.3. The number of aromatic nitrogens is 3. The van der Waals surface area contributed by atoms with Gasteiger partial charge >= 0.3 is 0 Å². The van der Waals surface area contributed by atoms with Crippen molar-refractivity contribution >= 4 is 17.7 Å². The fourth-order valence-corrected chi connectivity index (χ4v) is 3.73. The van der Waals surface area contributed by atoms with Gasteiger partial charge in [-0.3, -0.25) is 9.56 Å². The van der Waals surface area contributed by atoms with Gasteiger partial charge < -0.3 is 10.6 Å². The van der Waals surface area contributed by atoms with Gasteiger partial charge in [-0.05, 0) is 36.3 Å². The number of guanidine groups is 1. The summed E-state index contributed by atoms with van der Waals surface area (Å²) in [5.74, 6) is 3.00. The van der Waals surface area contributed by atoms with Crippen LogP contribution in [0.3, 0.4) is 0 Å². The largest absolute Gasteiger partial charge is 0.355 e. The Balaban J connectivity index is 1.53. The van der Waals surface area contributed by atoms with Crippen LogP contribution >= 0.6 is 11.8 Å². The minimum absolute atomic E-state index is 0.710. The Morgan fingerprint density at radius 2 is 2.39 bits per heavy atom. The molecule has 0 aromatic carbocycles. The van der Waals surface area contributed by atoms with Crippen molar-refractivity contribution in [1.29, 1.82) is 0 Å². The third-order valence-corrected chi connectivity index (χ3v) is 5.18. The van der Waals surface area contributed by atoms with Gasteiger partial charge in [0.15, 0.2) is 5.96 Å². The second kappa shape index (κ2) is 8.01. The molecule has 2 aromatic heterocycles. The first kappa shape index (κ1) is 15.9. The first-order valence-corrected chi connectivity index (χ1v) is 8.89. The molecule has 2 aromatic rings. The lowest BCUT2D eigenvalue weighted by Gasteiger charge is -2.15. The molecule has 0 spiro atoms. The van der Waals surface area contributed by atoms with Crippen molar-refractivity contribution in [2.24, 2.45) is 4.99 Å². The average molecular weight is 330 g/mol. The second-order valence-electron chi connectivity index (χ2n) is 5.43. The van der Waals surface area contributed by atoms with Crippen molar-refractivity contribution in [2.45, 2.75) is 24.6 Å². The Hall–Kier alpha value is -2.02. The van der Waals surface area contributed by atoms with Gasteiger partial charge in [0.1, 0.15) is 12.1 Å². The molecule has 1 saturated heterocycles. The lowest BCUT2D eigenvalue weighted by Crippen LogP contribution is -2.39. The van der Waals surface area contributed by atoms with Gasteiger partial charge in [-0.1, -0.05) is 0 Å². The topological polar surface area (TPSA) is 67.1 Å². The maximum absolute atomic E-state index is 4.36. The van der Waals surface area contributed by atoms with Crippen LogP contribution in [0.25, 0.3) is 5.82 Å². The highest BCUT2D eigenvalue weighted by molar-refractivity contribution is 8.00. The quantitative estimate of drug-likeness (QED) is 0.647. The molecule has 6 nitrogen and oxygen atoms in total. The fourth-order valence-electron chi connectivity index (χ4n) is 2.53. The fraction of sp³-hybridized carbons (Fsp3) is 0.438. The molecule has 0 radical (unpaired) electrons. The first-order valence-electron chi connectivity index (χ1n) is 7.84. The Morgan fingerprint density at radius 1 is 1.43 bits per heavy atom. The predicted octanol–water partition coefficient (Wildman–Crippen LogP) is 1.83. The van der Waals surface area contributed by atoms with E-state index in [9.17, 15) is 0 Å². The van der Waals surface area contributed by atoms with Crippen LogP contribution in [0.5, 0.6) is 0 Å². The number of hydrogen-bond acceptors (Lipinski definition) is 4. The average Bonchev–Trinajstić information content (AvgIpc) is 3.29. The molecule has 1 unspecified atom stereocenters. The smallest absolute Gasteiger partial charge is 0.191 e. The van der Waals surface area contributed by atoms with E-state index in [4.69, 9.17) is 0 Å². The van der Waals surface area contributed by atoms with Crippen LogP contribution in [0.15, 0.2) is 42.0 Å². The molecule has 0 bridgehead atoms. The number of imidazole rings is 1. The van der Waals surface area contributed by atoms with Crippen LogP contribution in [0, 0.1) is 0 Å². The van der Waals surface area contributed by atoms with E-state index >= 15 is 0 Å². The van der Waals surface area contributed by atoms with E-state index in [-0.39, 0.29) is 0 Å². The van der Waals surface area contributed by atoms with Gasteiger partial charge in [-0.15, -0.1) is 0 Å². The van der Waals surface area contributed by atoms with Gasteiger partial charge in [-0.2, -0.15) is 11.8 Å². The highest BCUT2D eigenvalue weighted by atomic mass is 32.2. The van der Waals surface area contributed by atoms with E-state index in [1.807, 2.05) is 34.8 Å². The molecule has 7 heteroatoms. The van der Waals surface area contributed by atoms with Gasteiger partial charge in [-0.25, -0.2) is 9.97 Å². The Labute approximate surface area is 140 Å². The molecular weight excluding hydrogens is 308 g/mol. The first-order chi connectivity index (χ1) is 11.3. The maximum atomic E-state index is 4.36. The molecule has 3 heterocycles. The van der Waals surface area contributed by atoms with E-state index in [0.717, 1.165) is 23.9 Å². The van der Waals surface area contributed by atoms with Gasteiger partial charge in [0.05, 0.1) is 0 Å². The predicted molar refractivity (Wildman–Crippen MR) is 95.0 cm³/mol. The minimum atomic E-state index is 0.710. The number of aliphatic imine (C=N–C) groups is 1. The summed E-state index contributed by atoms with van der Waals surface area (Å²) < 4.78 is 1.90. The van der Waals surface area contributed by atoms with Crippen LogP contribution < -0.4 is 10.6 Å². The van der Waals surface area contributed by atoms with Crippen LogP contribution in [-0.2, 0) is 6.54 Å². The molecule has 1 aliphatic heterocycles. The number of hydrogen-bond donors (Lipinski definition) is 2. The maximum Gasteiger partial charge on any atom is 0.191 e. The van der Waals surface area contributed by atoms with Gasteiger partial charge in [0.25, 0.3) is 0 Å². The molecule has 1 fully saturated rings. The SMILES string of the molecule is CN=C(NCc1ccnc(-n2ccnc2)c1)NCC1CCCS1. The highest BCUT2D eigenvalue weighted by Crippen LogP contribution is 2.25. The van der Waals surface area contributed by atoms with E-state index in [1.54, 1.807) is 19.6 Å². The molecule has 2 N–H and O–H groups in total. The molecular formula is C16H22N6S. The third-order valence-electron chi connectivity index (χ3n) is 3.78. The van der Waals surface area contributed by atoms with E-state index < -0.39 is 0 Å². The summed E-state index contributed by atoms with van der Waals surface area (Å²) in [5.41, 5.74) is 1.15. The number of thioether (sulfide) groups is 1. The zero-order valence-corrected chi connectivity index (χ0v) is 14.1. The summed E-state index contributed by atoms with van der Waals surface area (Å²) in [6.07, 6.45) is 9.83. The molecule has 1 aliphatic rings. The zero-order chi connectivity index (χ0) is 15.9. The van der Waals surface area contributed by atoms with Crippen LogP contribution in [0.4, 0.5) is 0 Å². The lowest BCUT2D eigenvalue weighted by molar-refractivity contribution is 0.725. The Morgan fingerprint density at radius 3 is 3.13 bits per heavy atom. The number of rotatable bonds is 5. The summed E-state index contributed by atoms with van der Waals surface area (Å²) in [5, 5.41) is 7.48. The molecule has 0 aliphatic carbocycles. The van der Waals surface area contributed by atoms with Crippen molar-refractivity contribution in [3.05, 3.63) is 42.6 Å². The highest BCUT2D eigenvalue weighted by Gasteiger charge is 2.15. The normalized spacial score (nSPS) is 18.1. The molecule has 0 amide bonds. The van der Waals surface area contributed by atoms with Crippen molar-refractivity contribution in [3.8, 4) is 5.82 Å². The van der Waals surface area contributed by atoms with Crippen LogP contribution in [0.2, 0.25) is 0 Å².